The second-order valence-corrected chi connectivity index (χ2v) is 4.91. The number of aromatic nitrogens is 5. The van der Waals surface area contributed by atoms with Gasteiger partial charge in [0.1, 0.15) is 11.5 Å². The first-order chi connectivity index (χ1) is 9.74. The number of nitrogens with zero attached hydrogens (tertiary/aromatic N) is 5. The molecule has 0 unspecified atom stereocenters. The number of hydrogen-bond donors (Lipinski definition) is 0. The SMILES string of the molecule is C[C@@H](CCc1ccco1)n1cc(-c2nccn2C)nn1. The van der Waals surface area contributed by atoms with Crippen molar-refractivity contribution in [3.05, 3.63) is 42.7 Å². The van der Waals surface area contributed by atoms with Crippen LogP contribution in [0.2, 0.25) is 0 Å². The van der Waals surface area contributed by atoms with Crippen LogP contribution in [-0.4, -0.2) is 24.5 Å². The summed E-state index contributed by atoms with van der Waals surface area (Å²) < 4.78 is 9.16. The van der Waals surface area contributed by atoms with Gasteiger partial charge >= 0.3 is 0 Å². The van der Waals surface area contributed by atoms with Gasteiger partial charge in [0.15, 0.2) is 5.82 Å². The lowest BCUT2D eigenvalue weighted by Gasteiger charge is -2.09. The monoisotopic (exact) mass is 271 g/mol. The summed E-state index contributed by atoms with van der Waals surface area (Å²) in [6.07, 6.45) is 9.15. The van der Waals surface area contributed by atoms with Crippen molar-refractivity contribution in [2.75, 3.05) is 0 Å². The molecule has 0 bridgehead atoms. The second-order valence-electron chi connectivity index (χ2n) is 4.91. The number of rotatable bonds is 5. The van der Waals surface area contributed by atoms with Crippen molar-refractivity contribution in [1.29, 1.82) is 0 Å². The molecule has 0 saturated heterocycles. The van der Waals surface area contributed by atoms with Crippen molar-refractivity contribution >= 4 is 0 Å². The van der Waals surface area contributed by atoms with Crippen LogP contribution in [-0.2, 0) is 13.5 Å². The summed E-state index contributed by atoms with van der Waals surface area (Å²) in [5.74, 6) is 1.83. The molecule has 1 atom stereocenters. The van der Waals surface area contributed by atoms with Crippen LogP contribution in [0.4, 0.5) is 0 Å². The molecule has 0 aliphatic rings. The Hall–Kier alpha value is -2.37. The average molecular weight is 271 g/mol. The van der Waals surface area contributed by atoms with Gasteiger partial charge in [0.2, 0.25) is 0 Å². The zero-order chi connectivity index (χ0) is 13.9. The molecule has 6 nitrogen and oxygen atoms in total. The van der Waals surface area contributed by atoms with E-state index in [1.165, 1.54) is 0 Å². The van der Waals surface area contributed by atoms with Crippen LogP contribution < -0.4 is 0 Å². The molecule has 3 aromatic heterocycles. The molecular formula is C14H17N5O. The number of hydrogen-bond acceptors (Lipinski definition) is 4. The van der Waals surface area contributed by atoms with Crippen LogP contribution in [0.3, 0.4) is 0 Å². The Labute approximate surface area is 117 Å². The van der Waals surface area contributed by atoms with Crippen molar-refractivity contribution in [2.24, 2.45) is 7.05 Å². The smallest absolute Gasteiger partial charge is 0.161 e. The largest absolute Gasteiger partial charge is 0.469 e. The van der Waals surface area contributed by atoms with Crippen molar-refractivity contribution < 1.29 is 4.42 Å². The highest BCUT2D eigenvalue weighted by atomic mass is 16.3. The minimum absolute atomic E-state index is 0.265. The van der Waals surface area contributed by atoms with E-state index in [0.29, 0.717) is 0 Å². The molecule has 0 fully saturated rings. The molecule has 104 valence electrons. The lowest BCUT2D eigenvalue weighted by molar-refractivity contribution is 0.420. The fourth-order valence-electron chi connectivity index (χ4n) is 2.15. The Morgan fingerprint density at radius 1 is 1.40 bits per heavy atom. The van der Waals surface area contributed by atoms with E-state index < -0.39 is 0 Å². The molecule has 0 radical (unpaired) electrons. The van der Waals surface area contributed by atoms with Gasteiger partial charge in [-0.2, -0.15) is 0 Å². The van der Waals surface area contributed by atoms with E-state index in [0.717, 1.165) is 30.1 Å². The highest BCUT2D eigenvalue weighted by Gasteiger charge is 2.12. The van der Waals surface area contributed by atoms with Gasteiger partial charge in [-0.25, -0.2) is 9.67 Å². The highest BCUT2D eigenvalue weighted by molar-refractivity contribution is 5.47. The van der Waals surface area contributed by atoms with Crippen LogP contribution in [0.15, 0.2) is 41.4 Å². The molecular weight excluding hydrogens is 254 g/mol. The van der Waals surface area contributed by atoms with Gasteiger partial charge < -0.3 is 8.98 Å². The third-order valence-electron chi connectivity index (χ3n) is 3.40. The van der Waals surface area contributed by atoms with Crippen LogP contribution in [0.25, 0.3) is 11.5 Å². The first-order valence-corrected chi connectivity index (χ1v) is 6.66. The highest BCUT2D eigenvalue weighted by Crippen LogP contribution is 2.18. The first kappa shape index (κ1) is 12.7. The summed E-state index contributed by atoms with van der Waals surface area (Å²) >= 11 is 0. The van der Waals surface area contributed by atoms with Crippen LogP contribution in [0, 0.1) is 0 Å². The third-order valence-corrected chi connectivity index (χ3v) is 3.40. The zero-order valence-corrected chi connectivity index (χ0v) is 11.6. The van der Waals surface area contributed by atoms with Gasteiger partial charge in [-0.1, -0.05) is 5.21 Å². The van der Waals surface area contributed by atoms with Gasteiger partial charge in [-0.15, -0.1) is 5.10 Å². The van der Waals surface area contributed by atoms with E-state index in [9.17, 15) is 0 Å². The maximum absolute atomic E-state index is 5.34. The van der Waals surface area contributed by atoms with Crippen LogP contribution >= 0.6 is 0 Å². The fraction of sp³-hybridized carbons (Fsp3) is 0.357. The summed E-state index contributed by atoms with van der Waals surface area (Å²) in [4.78, 5) is 4.28. The summed E-state index contributed by atoms with van der Waals surface area (Å²) in [6.45, 7) is 2.12. The van der Waals surface area contributed by atoms with E-state index in [1.807, 2.05) is 40.8 Å². The summed E-state index contributed by atoms with van der Waals surface area (Å²) in [5.41, 5.74) is 0.794. The molecule has 0 aliphatic heterocycles. The molecule has 0 spiro atoms. The van der Waals surface area contributed by atoms with E-state index in [-0.39, 0.29) is 6.04 Å². The summed E-state index contributed by atoms with van der Waals surface area (Å²) in [7, 11) is 1.95. The topological polar surface area (TPSA) is 61.7 Å². The predicted octanol–water partition coefficient (Wildman–Crippen LogP) is 2.47. The molecule has 0 saturated carbocycles. The molecule has 0 aliphatic carbocycles. The van der Waals surface area contributed by atoms with Crippen LogP contribution in [0.1, 0.15) is 25.1 Å². The van der Waals surface area contributed by atoms with Crippen molar-refractivity contribution in [3.8, 4) is 11.5 Å². The lowest BCUT2D eigenvalue weighted by Crippen LogP contribution is -2.07. The Balaban J connectivity index is 1.68. The number of aryl methyl sites for hydroxylation is 2. The Morgan fingerprint density at radius 2 is 2.30 bits per heavy atom. The van der Waals surface area contributed by atoms with Crippen LogP contribution in [0.5, 0.6) is 0 Å². The lowest BCUT2D eigenvalue weighted by atomic mass is 10.1. The van der Waals surface area contributed by atoms with E-state index in [1.54, 1.807) is 12.5 Å². The van der Waals surface area contributed by atoms with Gasteiger partial charge in [-0.05, 0) is 25.5 Å². The Kier molecular flexibility index (Phi) is 3.37. The minimum atomic E-state index is 0.265. The van der Waals surface area contributed by atoms with Crippen molar-refractivity contribution in [2.45, 2.75) is 25.8 Å². The minimum Gasteiger partial charge on any atom is -0.469 e. The van der Waals surface area contributed by atoms with Gasteiger partial charge in [0.05, 0.1) is 18.5 Å². The zero-order valence-electron chi connectivity index (χ0n) is 11.6. The first-order valence-electron chi connectivity index (χ1n) is 6.66. The Bertz CT molecular complexity index is 667. The standard InChI is InChI=1S/C14H17N5O/c1-11(5-6-12-4-3-9-20-12)19-10-13(16-17-19)14-15-7-8-18(14)2/h3-4,7-11H,5-6H2,1-2H3/t11-/m0/s1. The molecule has 0 aromatic carbocycles. The van der Waals surface area contributed by atoms with Crippen molar-refractivity contribution in [1.82, 2.24) is 24.5 Å². The molecule has 6 heteroatoms. The third kappa shape index (κ3) is 2.49. The van der Waals surface area contributed by atoms with Crippen molar-refractivity contribution in [3.63, 3.8) is 0 Å². The summed E-state index contributed by atoms with van der Waals surface area (Å²) in [6, 6.07) is 4.17. The van der Waals surface area contributed by atoms with Gasteiger partial charge in [0, 0.05) is 25.9 Å². The van der Waals surface area contributed by atoms with E-state index in [2.05, 4.69) is 22.2 Å². The number of imidazole rings is 1. The normalized spacial score (nSPS) is 12.7. The maximum atomic E-state index is 5.34. The maximum Gasteiger partial charge on any atom is 0.161 e. The molecule has 3 rings (SSSR count). The quantitative estimate of drug-likeness (QED) is 0.715. The van der Waals surface area contributed by atoms with E-state index >= 15 is 0 Å². The molecule has 3 aromatic rings. The van der Waals surface area contributed by atoms with E-state index in [4.69, 9.17) is 4.42 Å². The predicted molar refractivity (Wildman–Crippen MR) is 74.0 cm³/mol. The number of furan rings is 1. The molecule has 0 amide bonds. The van der Waals surface area contributed by atoms with Gasteiger partial charge in [-0.3, -0.25) is 0 Å². The summed E-state index contributed by atoms with van der Waals surface area (Å²) in [5, 5.41) is 8.39. The average Bonchev–Trinajstić information content (AvgIpc) is 3.16. The molecule has 20 heavy (non-hydrogen) atoms. The second kappa shape index (κ2) is 5.32. The Morgan fingerprint density at radius 3 is 3.00 bits per heavy atom. The molecule has 0 N–H and O–H groups in total. The fourth-order valence-corrected chi connectivity index (χ4v) is 2.15. The van der Waals surface area contributed by atoms with Gasteiger partial charge in [0.25, 0.3) is 0 Å². The molecule has 3 heterocycles.